The molecule has 0 aromatic heterocycles. The highest BCUT2D eigenvalue weighted by Crippen LogP contribution is 2.60. The molecule has 0 aliphatic carbocycles. The number of ether oxygens (including phenoxy) is 1. The number of anilines is 2. The number of benzene rings is 3. The lowest BCUT2D eigenvalue weighted by atomic mass is 9.82. The first kappa shape index (κ1) is 34.3. The molecule has 2 saturated heterocycles. The van der Waals surface area contributed by atoms with Gasteiger partial charge in [0, 0.05) is 53.9 Å². The maximum Gasteiger partial charge on any atom is 0.264 e. The van der Waals surface area contributed by atoms with Crippen LogP contribution in [-0.4, -0.2) is 79.7 Å². The number of carbonyl (C=O) groups is 3. The predicted octanol–water partition coefficient (Wildman–Crippen LogP) is 4.03. The van der Waals surface area contributed by atoms with Crippen LogP contribution in [0.1, 0.15) is 30.0 Å². The highest BCUT2D eigenvalue weighted by atomic mass is 35.5. The normalized spacial score (nSPS) is 24.0. The largest absolute Gasteiger partial charge is 0.432 e. The molecule has 0 unspecified atom stereocenters. The predicted molar refractivity (Wildman–Crippen MR) is 187 cm³/mol. The van der Waals surface area contributed by atoms with Crippen molar-refractivity contribution in [1.29, 1.82) is 0 Å². The van der Waals surface area contributed by atoms with Gasteiger partial charge in [0.1, 0.15) is 0 Å². The number of nitrogens with one attached hydrogen (secondary N) is 1. The zero-order valence-electron chi connectivity index (χ0n) is 27.6. The smallest absolute Gasteiger partial charge is 0.264 e. The van der Waals surface area contributed by atoms with E-state index < -0.39 is 31.5 Å². The monoisotopic (exact) mass is 690 g/mol. The van der Waals surface area contributed by atoms with Gasteiger partial charge in [0.2, 0.25) is 11.8 Å². The molecule has 2 fully saturated rings. The Morgan fingerprint density at radius 1 is 1.08 bits per heavy atom. The van der Waals surface area contributed by atoms with Crippen LogP contribution in [0, 0.1) is 5.92 Å². The van der Waals surface area contributed by atoms with Crippen LogP contribution in [0.15, 0.2) is 72.8 Å². The van der Waals surface area contributed by atoms with Crippen LogP contribution in [0.2, 0.25) is 23.7 Å². The van der Waals surface area contributed by atoms with Gasteiger partial charge < -0.3 is 34.7 Å². The lowest BCUT2D eigenvalue weighted by Crippen LogP contribution is -2.48. The molecule has 3 aromatic rings. The van der Waals surface area contributed by atoms with Crippen molar-refractivity contribution < 1.29 is 29.0 Å². The molecule has 0 bridgehead atoms. The van der Waals surface area contributed by atoms with Gasteiger partial charge in [-0.2, -0.15) is 0 Å². The fourth-order valence-corrected chi connectivity index (χ4v) is 10.5. The van der Waals surface area contributed by atoms with Crippen LogP contribution in [0.4, 0.5) is 11.4 Å². The topological polar surface area (TPSA) is 123 Å². The third-order valence-corrected chi connectivity index (χ3v) is 12.7. The van der Waals surface area contributed by atoms with E-state index in [1.807, 2.05) is 80.7 Å². The Kier molecular flexibility index (Phi) is 9.81. The van der Waals surface area contributed by atoms with E-state index in [2.05, 4.69) is 5.32 Å². The SMILES string of the molecule is C[C@H]1[C@H]([Si](C)(C)O)[C@@H](CC(=O)N(CCO)Cc2ccccc2)O[C@]12C(=O)N(Cc1cccc(N3CCNCC3=O)c1)c1ccc(Cl)cc12. The van der Waals surface area contributed by atoms with Gasteiger partial charge in [-0.05, 0) is 54.6 Å². The van der Waals surface area contributed by atoms with Crippen molar-refractivity contribution in [1.82, 2.24) is 10.2 Å². The fraction of sp³-hybridized carbons (Fsp3) is 0.417. The summed E-state index contributed by atoms with van der Waals surface area (Å²) in [4.78, 5) is 58.0. The molecule has 48 heavy (non-hydrogen) atoms. The molecule has 3 aromatic carbocycles. The van der Waals surface area contributed by atoms with Crippen molar-refractivity contribution in [2.24, 2.45) is 5.92 Å². The molecular formula is C36H43ClN4O6Si. The minimum absolute atomic E-state index is 0.00786. The average molecular weight is 691 g/mol. The van der Waals surface area contributed by atoms with E-state index in [-0.39, 0.29) is 50.4 Å². The third kappa shape index (κ3) is 6.42. The number of hydrogen-bond acceptors (Lipinski definition) is 7. The van der Waals surface area contributed by atoms with Crippen molar-refractivity contribution in [3.05, 3.63) is 94.5 Å². The second-order valence-corrected chi connectivity index (χ2v) is 17.9. The van der Waals surface area contributed by atoms with E-state index in [0.29, 0.717) is 35.9 Å². The number of aliphatic hydroxyl groups is 1. The molecular weight excluding hydrogens is 648 g/mol. The molecule has 3 aliphatic rings. The lowest BCUT2D eigenvalue weighted by molar-refractivity contribution is -0.150. The molecule has 4 atom stereocenters. The van der Waals surface area contributed by atoms with Gasteiger partial charge in [0.05, 0.1) is 37.9 Å². The Labute approximate surface area is 287 Å². The average Bonchev–Trinajstić information content (AvgIpc) is 3.47. The highest BCUT2D eigenvalue weighted by molar-refractivity contribution is 6.71. The molecule has 3 N–H and O–H groups in total. The molecule has 1 spiro atoms. The second-order valence-electron chi connectivity index (χ2n) is 13.5. The van der Waals surface area contributed by atoms with Gasteiger partial charge in [-0.3, -0.25) is 14.4 Å². The summed E-state index contributed by atoms with van der Waals surface area (Å²) in [5.74, 6) is -0.975. The standard InChI is InChI=1S/C36H43ClN4O6Si/c1-24-34(48(2,3)46)31(20-32(43)39(16-17-42)22-25-8-5-4-6-9-25)47-36(24)29-19-27(37)12-13-30(29)41(35(36)45)23-26-10-7-11-28(18-26)40-15-14-38-21-33(40)44/h4-13,18-19,24,31,34,38,42,46H,14-17,20-23H2,1-3H3/t24-,31+,34-,36+/m0/s1. The van der Waals surface area contributed by atoms with E-state index in [9.17, 15) is 24.3 Å². The summed E-state index contributed by atoms with van der Waals surface area (Å²) in [7, 11) is -3.02. The summed E-state index contributed by atoms with van der Waals surface area (Å²) in [5, 5.41) is 13.3. The number of amides is 3. The number of rotatable bonds is 10. The number of aliphatic hydroxyl groups excluding tert-OH is 1. The zero-order chi connectivity index (χ0) is 34.2. The van der Waals surface area contributed by atoms with Crippen LogP contribution in [0.3, 0.4) is 0 Å². The van der Waals surface area contributed by atoms with Crippen molar-refractivity contribution in [3.63, 3.8) is 0 Å². The quantitative estimate of drug-likeness (QED) is 0.275. The Morgan fingerprint density at radius 3 is 2.54 bits per heavy atom. The lowest BCUT2D eigenvalue weighted by Gasteiger charge is -2.32. The summed E-state index contributed by atoms with van der Waals surface area (Å²) >= 11 is 6.56. The van der Waals surface area contributed by atoms with Gasteiger partial charge in [-0.25, -0.2) is 0 Å². The van der Waals surface area contributed by atoms with Crippen molar-refractivity contribution in [2.45, 2.75) is 56.8 Å². The summed E-state index contributed by atoms with van der Waals surface area (Å²) < 4.78 is 6.86. The van der Waals surface area contributed by atoms with Gasteiger partial charge in [0.25, 0.3) is 5.91 Å². The fourth-order valence-electron chi connectivity index (χ4n) is 7.81. The summed E-state index contributed by atoms with van der Waals surface area (Å²) in [6.07, 6.45) is -0.793. The molecule has 6 rings (SSSR count). The summed E-state index contributed by atoms with van der Waals surface area (Å²) in [5.41, 5.74) is 1.92. The maximum atomic E-state index is 14.8. The van der Waals surface area contributed by atoms with Gasteiger partial charge in [0.15, 0.2) is 13.9 Å². The molecule has 3 aliphatic heterocycles. The van der Waals surface area contributed by atoms with E-state index in [1.54, 1.807) is 26.8 Å². The zero-order valence-corrected chi connectivity index (χ0v) is 29.3. The summed E-state index contributed by atoms with van der Waals surface area (Å²) in [6.45, 7) is 7.61. The first-order valence-electron chi connectivity index (χ1n) is 16.5. The number of hydrogen-bond donors (Lipinski definition) is 3. The number of piperazine rings is 1. The molecule has 3 heterocycles. The first-order chi connectivity index (χ1) is 22.9. The van der Waals surface area contributed by atoms with E-state index in [1.165, 1.54) is 0 Å². The maximum absolute atomic E-state index is 14.8. The number of halogens is 1. The summed E-state index contributed by atoms with van der Waals surface area (Å²) in [6, 6.07) is 22.5. The molecule has 10 nitrogen and oxygen atoms in total. The van der Waals surface area contributed by atoms with Crippen molar-refractivity contribution >= 4 is 49.0 Å². The van der Waals surface area contributed by atoms with E-state index in [0.717, 1.165) is 16.8 Å². The van der Waals surface area contributed by atoms with Crippen molar-refractivity contribution in [2.75, 3.05) is 42.6 Å². The molecule has 254 valence electrons. The highest BCUT2D eigenvalue weighted by Gasteiger charge is 2.66. The van der Waals surface area contributed by atoms with Gasteiger partial charge in [-0.1, -0.05) is 61.0 Å². The third-order valence-electron chi connectivity index (χ3n) is 9.91. The Hall–Kier alpha value is -3.58. The van der Waals surface area contributed by atoms with Crippen LogP contribution < -0.4 is 15.1 Å². The van der Waals surface area contributed by atoms with Crippen LogP contribution in [0.25, 0.3) is 0 Å². The van der Waals surface area contributed by atoms with Crippen molar-refractivity contribution in [3.8, 4) is 0 Å². The number of nitrogens with zero attached hydrogens (tertiary/aromatic N) is 3. The number of carbonyl (C=O) groups excluding carboxylic acids is 3. The molecule has 0 saturated carbocycles. The Morgan fingerprint density at radius 2 is 1.83 bits per heavy atom. The Bertz CT molecular complexity index is 1690. The molecule has 12 heteroatoms. The van der Waals surface area contributed by atoms with E-state index in [4.69, 9.17) is 16.3 Å². The first-order valence-corrected chi connectivity index (χ1v) is 19.9. The van der Waals surface area contributed by atoms with Gasteiger partial charge >= 0.3 is 0 Å². The minimum Gasteiger partial charge on any atom is -0.432 e. The second kappa shape index (κ2) is 13.7. The van der Waals surface area contributed by atoms with Crippen LogP contribution in [0.5, 0.6) is 0 Å². The number of fused-ring (bicyclic) bond motifs is 2. The molecule has 0 radical (unpaired) electrons. The van der Waals surface area contributed by atoms with Crippen LogP contribution in [-0.2, 0) is 37.8 Å². The van der Waals surface area contributed by atoms with Crippen LogP contribution >= 0.6 is 11.6 Å². The van der Waals surface area contributed by atoms with E-state index >= 15 is 0 Å². The Balaban J connectivity index is 1.33. The minimum atomic E-state index is -3.02. The van der Waals surface area contributed by atoms with Gasteiger partial charge in [-0.15, -0.1) is 0 Å². The molecule has 3 amide bonds.